The first kappa shape index (κ1) is 8.53. The van der Waals surface area contributed by atoms with Crippen LogP contribution >= 0.6 is 0 Å². The zero-order chi connectivity index (χ0) is 8.10. The molecule has 1 amide bonds. The van der Waals surface area contributed by atoms with Crippen LogP contribution < -0.4 is 5.73 Å². The minimum absolute atomic E-state index is 0.104. The highest BCUT2D eigenvalue weighted by Gasteiger charge is 2.12. The predicted octanol–water partition coefficient (Wildman–Crippen LogP) is 0.348. The fraction of sp³-hybridized carbons (Fsp3) is 0.875. The average Bonchev–Trinajstić information content (AvgIpc) is 2.30. The molecule has 1 heterocycles. The number of nitrogens with two attached hydrogens (primary N) is 1. The molecule has 0 radical (unpaired) electrons. The van der Waals surface area contributed by atoms with Crippen LogP contribution in [0.5, 0.6) is 0 Å². The van der Waals surface area contributed by atoms with Crippen LogP contribution in [0.15, 0.2) is 0 Å². The Morgan fingerprint density at radius 1 is 1.18 bits per heavy atom. The van der Waals surface area contributed by atoms with E-state index in [4.69, 9.17) is 5.73 Å². The van der Waals surface area contributed by atoms with E-state index in [1.807, 2.05) is 4.90 Å². The molecule has 0 saturated carbocycles. The summed E-state index contributed by atoms with van der Waals surface area (Å²) in [6, 6.07) is 0. The minimum atomic E-state index is 0.104. The van der Waals surface area contributed by atoms with Gasteiger partial charge in [0.15, 0.2) is 0 Å². The molecule has 0 atom stereocenters. The van der Waals surface area contributed by atoms with Crippen LogP contribution in [-0.4, -0.2) is 30.4 Å². The third kappa shape index (κ3) is 2.50. The van der Waals surface area contributed by atoms with Crippen LogP contribution in [0.25, 0.3) is 0 Å². The van der Waals surface area contributed by atoms with E-state index in [-0.39, 0.29) is 12.5 Å². The van der Waals surface area contributed by atoms with Crippen molar-refractivity contribution in [2.75, 3.05) is 19.6 Å². The molecule has 11 heavy (non-hydrogen) atoms. The van der Waals surface area contributed by atoms with Gasteiger partial charge in [-0.05, 0) is 12.8 Å². The van der Waals surface area contributed by atoms with Crippen LogP contribution in [0.1, 0.15) is 25.7 Å². The summed E-state index contributed by atoms with van der Waals surface area (Å²) in [6.07, 6.45) is 4.81. The summed E-state index contributed by atoms with van der Waals surface area (Å²) in [5.74, 6) is 0.104. The van der Waals surface area contributed by atoms with Crippen LogP contribution in [0, 0.1) is 0 Å². The molecule has 0 spiro atoms. The Balaban J connectivity index is 2.36. The molecule has 2 N–H and O–H groups in total. The lowest BCUT2D eigenvalue weighted by molar-refractivity contribution is -0.129. The van der Waals surface area contributed by atoms with Gasteiger partial charge in [-0.2, -0.15) is 0 Å². The van der Waals surface area contributed by atoms with Gasteiger partial charge in [0.2, 0.25) is 5.91 Å². The summed E-state index contributed by atoms with van der Waals surface area (Å²) in [6.45, 7) is 1.99. The maximum absolute atomic E-state index is 11.1. The summed E-state index contributed by atoms with van der Waals surface area (Å²) >= 11 is 0. The first-order valence-electron chi connectivity index (χ1n) is 4.32. The van der Waals surface area contributed by atoms with Gasteiger partial charge < -0.3 is 10.6 Å². The number of carbonyl (C=O) groups excluding carboxylic acids is 1. The van der Waals surface area contributed by atoms with Gasteiger partial charge in [0.25, 0.3) is 0 Å². The Morgan fingerprint density at radius 3 is 2.18 bits per heavy atom. The van der Waals surface area contributed by atoms with Crippen molar-refractivity contribution < 1.29 is 4.79 Å². The Hall–Kier alpha value is -0.570. The van der Waals surface area contributed by atoms with E-state index in [1.54, 1.807) is 0 Å². The topological polar surface area (TPSA) is 46.3 Å². The van der Waals surface area contributed by atoms with E-state index in [9.17, 15) is 4.79 Å². The minimum Gasteiger partial charge on any atom is -0.342 e. The molecule has 1 rings (SSSR count). The second-order valence-corrected chi connectivity index (χ2v) is 3.00. The number of likely N-dealkylation sites (tertiary alicyclic amines) is 1. The van der Waals surface area contributed by atoms with E-state index in [1.165, 1.54) is 12.8 Å². The van der Waals surface area contributed by atoms with Gasteiger partial charge in [0.1, 0.15) is 0 Å². The van der Waals surface area contributed by atoms with E-state index < -0.39 is 0 Å². The van der Waals surface area contributed by atoms with Crippen molar-refractivity contribution in [3.63, 3.8) is 0 Å². The Bertz CT molecular complexity index is 128. The number of nitrogens with zero attached hydrogens (tertiary/aromatic N) is 1. The smallest absolute Gasteiger partial charge is 0.236 e. The molecule has 0 aromatic carbocycles. The molecular weight excluding hydrogens is 140 g/mol. The molecule has 1 aliphatic heterocycles. The Kier molecular flexibility index (Phi) is 3.36. The van der Waals surface area contributed by atoms with Crippen LogP contribution in [0.4, 0.5) is 0 Å². The normalized spacial score (nSPS) is 19.5. The maximum atomic E-state index is 11.1. The maximum Gasteiger partial charge on any atom is 0.236 e. The summed E-state index contributed by atoms with van der Waals surface area (Å²) in [4.78, 5) is 13.0. The van der Waals surface area contributed by atoms with Gasteiger partial charge in [-0.15, -0.1) is 0 Å². The predicted molar refractivity (Wildman–Crippen MR) is 44.1 cm³/mol. The Morgan fingerprint density at radius 2 is 1.73 bits per heavy atom. The van der Waals surface area contributed by atoms with Crippen molar-refractivity contribution in [1.82, 2.24) is 4.90 Å². The molecule has 1 saturated heterocycles. The van der Waals surface area contributed by atoms with Gasteiger partial charge in [-0.3, -0.25) is 4.79 Å². The average molecular weight is 156 g/mol. The van der Waals surface area contributed by atoms with Crippen molar-refractivity contribution in [1.29, 1.82) is 0 Å². The first-order chi connectivity index (χ1) is 5.34. The molecule has 1 aliphatic rings. The van der Waals surface area contributed by atoms with Crippen molar-refractivity contribution in [3.05, 3.63) is 0 Å². The summed E-state index contributed by atoms with van der Waals surface area (Å²) in [7, 11) is 0. The van der Waals surface area contributed by atoms with Crippen molar-refractivity contribution in [2.24, 2.45) is 5.73 Å². The zero-order valence-corrected chi connectivity index (χ0v) is 6.88. The second-order valence-electron chi connectivity index (χ2n) is 3.00. The monoisotopic (exact) mass is 156 g/mol. The lowest BCUT2D eigenvalue weighted by atomic mass is 10.2. The standard InChI is InChI=1S/C8H16N2O/c9-7-8(11)10-5-3-1-2-4-6-10/h1-7,9H2. The van der Waals surface area contributed by atoms with Gasteiger partial charge >= 0.3 is 0 Å². The largest absolute Gasteiger partial charge is 0.342 e. The van der Waals surface area contributed by atoms with E-state index in [0.717, 1.165) is 25.9 Å². The fourth-order valence-corrected chi connectivity index (χ4v) is 1.45. The Labute approximate surface area is 67.5 Å². The lowest BCUT2D eigenvalue weighted by Gasteiger charge is -2.18. The molecule has 0 aromatic heterocycles. The molecule has 0 unspecified atom stereocenters. The summed E-state index contributed by atoms with van der Waals surface area (Å²) in [5.41, 5.74) is 5.26. The summed E-state index contributed by atoms with van der Waals surface area (Å²) in [5, 5.41) is 0. The van der Waals surface area contributed by atoms with Crippen LogP contribution in [0.2, 0.25) is 0 Å². The van der Waals surface area contributed by atoms with E-state index >= 15 is 0 Å². The molecule has 0 bridgehead atoms. The van der Waals surface area contributed by atoms with Crippen LogP contribution in [0.3, 0.4) is 0 Å². The number of amides is 1. The highest BCUT2D eigenvalue weighted by atomic mass is 16.2. The van der Waals surface area contributed by atoms with E-state index in [0.29, 0.717) is 0 Å². The number of rotatable bonds is 1. The second kappa shape index (κ2) is 4.34. The number of hydrogen-bond donors (Lipinski definition) is 1. The van der Waals surface area contributed by atoms with Crippen LogP contribution in [-0.2, 0) is 4.79 Å². The van der Waals surface area contributed by atoms with Crippen molar-refractivity contribution in [3.8, 4) is 0 Å². The van der Waals surface area contributed by atoms with Gasteiger partial charge in [0, 0.05) is 13.1 Å². The number of carbonyl (C=O) groups is 1. The molecule has 0 aliphatic carbocycles. The van der Waals surface area contributed by atoms with Gasteiger partial charge in [-0.25, -0.2) is 0 Å². The van der Waals surface area contributed by atoms with Gasteiger partial charge in [-0.1, -0.05) is 12.8 Å². The molecule has 1 fully saturated rings. The quantitative estimate of drug-likeness (QED) is 0.595. The molecular formula is C8H16N2O. The highest BCUT2D eigenvalue weighted by molar-refractivity contribution is 5.77. The zero-order valence-electron chi connectivity index (χ0n) is 6.88. The lowest BCUT2D eigenvalue weighted by Crippen LogP contribution is -2.36. The highest BCUT2D eigenvalue weighted by Crippen LogP contribution is 2.08. The first-order valence-corrected chi connectivity index (χ1v) is 4.32. The SMILES string of the molecule is NCC(=O)N1CCCCCC1. The molecule has 3 nitrogen and oxygen atoms in total. The number of hydrogen-bond acceptors (Lipinski definition) is 2. The van der Waals surface area contributed by atoms with Gasteiger partial charge in [0.05, 0.1) is 6.54 Å². The van der Waals surface area contributed by atoms with Crippen molar-refractivity contribution in [2.45, 2.75) is 25.7 Å². The molecule has 64 valence electrons. The molecule has 3 heteroatoms. The molecule has 0 aromatic rings. The van der Waals surface area contributed by atoms with Crippen molar-refractivity contribution >= 4 is 5.91 Å². The third-order valence-electron chi connectivity index (χ3n) is 2.13. The third-order valence-corrected chi connectivity index (χ3v) is 2.13. The van der Waals surface area contributed by atoms with E-state index in [2.05, 4.69) is 0 Å². The fourth-order valence-electron chi connectivity index (χ4n) is 1.45. The summed E-state index contributed by atoms with van der Waals surface area (Å²) < 4.78 is 0.